The molecule has 0 aromatic carbocycles. The number of carbonyl (C=O) groups is 1. The first kappa shape index (κ1) is 14.5. The van der Waals surface area contributed by atoms with Crippen LogP contribution in [-0.2, 0) is 4.79 Å². The van der Waals surface area contributed by atoms with Gasteiger partial charge in [0, 0.05) is 19.6 Å². The van der Waals surface area contributed by atoms with Crippen LogP contribution in [0.25, 0.3) is 0 Å². The average Bonchev–Trinajstić information content (AvgIpc) is 2.37. The fraction of sp³-hybridized carbons (Fsp3) is 0.929. The Labute approximate surface area is 106 Å². The topological polar surface area (TPSA) is 32.3 Å². The quantitative estimate of drug-likeness (QED) is 0.800. The molecule has 1 fully saturated rings. The molecule has 1 aliphatic carbocycles. The molecule has 2 unspecified atom stereocenters. The molecule has 0 heterocycles. The highest BCUT2D eigenvalue weighted by molar-refractivity contribution is 5.81. The summed E-state index contributed by atoms with van der Waals surface area (Å²) in [6.45, 7) is 7.00. The number of hydrogen-bond donors (Lipinski definition) is 1. The Morgan fingerprint density at radius 3 is 2.41 bits per heavy atom. The van der Waals surface area contributed by atoms with Crippen LogP contribution in [0.5, 0.6) is 0 Å². The second kappa shape index (κ2) is 7.00. The molecule has 0 bridgehead atoms. The SMILES string of the molecule is CCN(C)C(=O)C(C)NC(C)C1CCCCC1. The van der Waals surface area contributed by atoms with Crippen LogP contribution in [0.15, 0.2) is 0 Å². The average molecular weight is 240 g/mol. The first-order valence-corrected chi connectivity index (χ1v) is 7.07. The number of rotatable bonds is 5. The van der Waals surface area contributed by atoms with Crippen molar-refractivity contribution in [3.63, 3.8) is 0 Å². The molecule has 1 N–H and O–H groups in total. The van der Waals surface area contributed by atoms with Crippen LogP contribution in [0.4, 0.5) is 0 Å². The van der Waals surface area contributed by atoms with Gasteiger partial charge < -0.3 is 10.2 Å². The van der Waals surface area contributed by atoms with Crippen LogP contribution in [0, 0.1) is 5.92 Å². The maximum absolute atomic E-state index is 12.0. The van der Waals surface area contributed by atoms with Gasteiger partial charge in [0.05, 0.1) is 6.04 Å². The third kappa shape index (κ3) is 4.30. The molecule has 2 atom stereocenters. The van der Waals surface area contributed by atoms with E-state index in [2.05, 4.69) is 12.2 Å². The molecule has 100 valence electrons. The third-order valence-corrected chi connectivity index (χ3v) is 4.09. The van der Waals surface area contributed by atoms with Gasteiger partial charge in [-0.3, -0.25) is 4.79 Å². The largest absolute Gasteiger partial charge is 0.345 e. The summed E-state index contributed by atoms with van der Waals surface area (Å²) in [6, 6.07) is 0.399. The highest BCUT2D eigenvalue weighted by atomic mass is 16.2. The van der Waals surface area contributed by atoms with E-state index < -0.39 is 0 Å². The maximum atomic E-state index is 12.0. The minimum atomic E-state index is -0.0584. The van der Waals surface area contributed by atoms with Gasteiger partial charge in [-0.2, -0.15) is 0 Å². The molecule has 1 amide bonds. The highest BCUT2D eigenvalue weighted by Gasteiger charge is 2.24. The zero-order valence-corrected chi connectivity index (χ0v) is 11.8. The van der Waals surface area contributed by atoms with Gasteiger partial charge in [0.2, 0.25) is 5.91 Å². The lowest BCUT2D eigenvalue weighted by Gasteiger charge is -2.31. The summed E-state index contributed by atoms with van der Waals surface area (Å²) in [5.74, 6) is 0.959. The van der Waals surface area contributed by atoms with Gasteiger partial charge in [-0.15, -0.1) is 0 Å². The van der Waals surface area contributed by atoms with Crippen molar-refractivity contribution < 1.29 is 4.79 Å². The molecule has 1 saturated carbocycles. The molecule has 0 saturated heterocycles. The van der Waals surface area contributed by atoms with E-state index in [1.807, 2.05) is 20.9 Å². The molecule has 0 radical (unpaired) electrons. The maximum Gasteiger partial charge on any atom is 0.239 e. The smallest absolute Gasteiger partial charge is 0.239 e. The van der Waals surface area contributed by atoms with Gasteiger partial charge in [-0.25, -0.2) is 0 Å². The predicted octanol–water partition coefficient (Wildman–Crippen LogP) is 2.41. The Morgan fingerprint density at radius 1 is 1.29 bits per heavy atom. The van der Waals surface area contributed by atoms with Crippen LogP contribution < -0.4 is 5.32 Å². The summed E-state index contributed by atoms with van der Waals surface area (Å²) >= 11 is 0. The number of amides is 1. The number of nitrogens with zero attached hydrogens (tertiary/aromatic N) is 1. The monoisotopic (exact) mass is 240 g/mol. The van der Waals surface area contributed by atoms with E-state index in [1.165, 1.54) is 32.1 Å². The van der Waals surface area contributed by atoms with Crippen LogP contribution in [0.2, 0.25) is 0 Å². The summed E-state index contributed by atoms with van der Waals surface area (Å²) < 4.78 is 0. The van der Waals surface area contributed by atoms with Gasteiger partial charge >= 0.3 is 0 Å². The van der Waals surface area contributed by atoms with E-state index in [0.717, 1.165) is 12.5 Å². The molecule has 17 heavy (non-hydrogen) atoms. The normalized spacial score (nSPS) is 20.9. The zero-order valence-electron chi connectivity index (χ0n) is 11.8. The number of hydrogen-bond acceptors (Lipinski definition) is 2. The molecule has 0 spiro atoms. The van der Waals surface area contributed by atoms with Crippen LogP contribution in [-0.4, -0.2) is 36.5 Å². The van der Waals surface area contributed by atoms with Crippen molar-refractivity contribution in [3.05, 3.63) is 0 Å². The van der Waals surface area contributed by atoms with Crippen molar-refractivity contribution in [2.45, 2.75) is 65.0 Å². The predicted molar refractivity (Wildman–Crippen MR) is 71.9 cm³/mol. The first-order chi connectivity index (χ1) is 8.06. The summed E-state index contributed by atoms with van der Waals surface area (Å²) in [5, 5.41) is 3.47. The lowest BCUT2D eigenvalue weighted by Crippen LogP contribution is -2.48. The van der Waals surface area contributed by atoms with Crippen molar-refractivity contribution in [1.29, 1.82) is 0 Å². The fourth-order valence-corrected chi connectivity index (χ4v) is 2.72. The second-order valence-corrected chi connectivity index (χ2v) is 5.43. The molecule has 1 aliphatic rings. The van der Waals surface area contributed by atoms with E-state index in [9.17, 15) is 4.79 Å². The Hall–Kier alpha value is -0.570. The summed E-state index contributed by atoms with van der Waals surface area (Å²) in [5.41, 5.74) is 0. The Kier molecular flexibility index (Phi) is 5.96. The minimum absolute atomic E-state index is 0.0584. The van der Waals surface area contributed by atoms with E-state index in [4.69, 9.17) is 0 Å². The lowest BCUT2D eigenvalue weighted by molar-refractivity contribution is -0.131. The van der Waals surface area contributed by atoms with Gasteiger partial charge in [0.25, 0.3) is 0 Å². The molecule has 0 aromatic rings. The molecule has 1 rings (SSSR count). The minimum Gasteiger partial charge on any atom is -0.345 e. The van der Waals surface area contributed by atoms with Crippen molar-refractivity contribution in [2.75, 3.05) is 13.6 Å². The zero-order chi connectivity index (χ0) is 12.8. The lowest BCUT2D eigenvalue weighted by atomic mass is 9.84. The van der Waals surface area contributed by atoms with Crippen LogP contribution in [0.1, 0.15) is 52.9 Å². The molecule has 3 heteroatoms. The third-order valence-electron chi connectivity index (χ3n) is 4.09. The summed E-state index contributed by atoms with van der Waals surface area (Å²) in [4.78, 5) is 13.7. The van der Waals surface area contributed by atoms with Crippen molar-refractivity contribution >= 4 is 5.91 Å². The van der Waals surface area contributed by atoms with E-state index >= 15 is 0 Å². The van der Waals surface area contributed by atoms with E-state index in [-0.39, 0.29) is 11.9 Å². The Morgan fingerprint density at radius 2 is 1.88 bits per heavy atom. The number of likely N-dealkylation sites (N-methyl/N-ethyl adjacent to an activating group) is 1. The fourth-order valence-electron chi connectivity index (χ4n) is 2.72. The highest BCUT2D eigenvalue weighted by Crippen LogP contribution is 2.26. The number of carbonyl (C=O) groups excluding carboxylic acids is 1. The van der Waals surface area contributed by atoms with Gasteiger partial charge in [0.15, 0.2) is 0 Å². The van der Waals surface area contributed by atoms with Crippen LogP contribution >= 0.6 is 0 Å². The second-order valence-electron chi connectivity index (χ2n) is 5.43. The number of nitrogens with one attached hydrogen (secondary N) is 1. The van der Waals surface area contributed by atoms with Crippen molar-refractivity contribution in [2.24, 2.45) is 5.92 Å². The Balaban J connectivity index is 2.38. The molecule has 3 nitrogen and oxygen atoms in total. The standard InChI is InChI=1S/C14H28N2O/c1-5-16(4)14(17)12(3)15-11(2)13-9-7-6-8-10-13/h11-13,15H,5-10H2,1-4H3. The summed E-state index contributed by atoms with van der Waals surface area (Å²) in [7, 11) is 1.87. The first-order valence-electron chi connectivity index (χ1n) is 7.07. The molecule has 0 aromatic heterocycles. The van der Waals surface area contributed by atoms with Gasteiger partial charge in [-0.05, 0) is 39.5 Å². The van der Waals surface area contributed by atoms with E-state index in [0.29, 0.717) is 6.04 Å². The molecular weight excluding hydrogens is 212 g/mol. The van der Waals surface area contributed by atoms with Crippen LogP contribution in [0.3, 0.4) is 0 Å². The van der Waals surface area contributed by atoms with Gasteiger partial charge in [-0.1, -0.05) is 19.3 Å². The van der Waals surface area contributed by atoms with Crippen molar-refractivity contribution in [3.8, 4) is 0 Å². The molecular formula is C14H28N2O. The Bertz CT molecular complexity index is 236. The summed E-state index contributed by atoms with van der Waals surface area (Å²) in [6.07, 6.45) is 6.73. The van der Waals surface area contributed by atoms with Gasteiger partial charge in [0.1, 0.15) is 0 Å². The molecule has 0 aliphatic heterocycles. The van der Waals surface area contributed by atoms with Crippen molar-refractivity contribution in [1.82, 2.24) is 10.2 Å². The van der Waals surface area contributed by atoms with E-state index in [1.54, 1.807) is 4.90 Å².